The molecule has 0 spiro atoms. The molecular weight excluding hydrogens is 234 g/mol. The highest BCUT2D eigenvalue weighted by molar-refractivity contribution is 5.92. The molecule has 0 radical (unpaired) electrons. The van der Waals surface area contributed by atoms with Crippen LogP contribution in [0, 0.1) is 17.0 Å². The van der Waals surface area contributed by atoms with E-state index in [1.54, 1.807) is 25.1 Å². The van der Waals surface area contributed by atoms with Gasteiger partial charge in [-0.05, 0) is 13.0 Å². The van der Waals surface area contributed by atoms with E-state index < -0.39 is 4.92 Å². The van der Waals surface area contributed by atoms with Gasteiger partial charge in [0.2, 0.25) is 5.91 Å². The zero-order valence-electron chi connectivity index (χ0n) is 10.1. The topological polar surface area (TPSA) is 84.3 Å². The van der Waals surface area contributed by atoms with Crippen molar-refractivity contribution in [2.24, 2.45) is 0 Å². The summed E-state index contributed by atoms with van der Waals surface area (Å²) in [7, 11) is 0. The number of anilines is 1. The van der Waals surface area contributed by atoms with Gasteiger partial charge in [0.25, 0.3) is 5.69 Å². The van der Waals surface area contributed by atoms with Gasteiger partial charge in [-0.1, -0.05) is 12.1 Å². The Kier molecular flexibility index (Phi) is 5.01. The maximum Gasteiger partial charge on any atom is 0.274 e. The second-order valence-corrected chi connectivity index (χ2v) is 3.73. The van der Waals surface area contributed by atoms with Crippen LogP contribution in [-0.2, 0) is 4.79 Å². The summed E-state index contributed by atoms with van der Waals surface area (Å²) in [6.45, 7) is 5.82. The average molecular weight is 249 g/mol. The Morgan fingerprint density at radius 1 is 1.56 bits per heavy atom. The number of nitrogens with one attached hydrogen (secondary N) is 2. The number of aryl methyl sites for hydroxylation is 1. The van der Waals surface area contributed by atoms with Crippen LogP contribution in [0.2, 0.25) is 0 Å². The van der Waals surface area contributed by atoms with Crippen molar-refractivity contribution in [2.45, 2.75) is 6.92 Å². The first-order chi connectivity index (χ1) is 8.54. The first kappa shape index (κ1) is 13.9. The summed E-state index contributed by atoms with van der Waals surface area (Å²) < 4.78 is 0. The van der Waals surface area contributed by atoms with Crippen molar-refractivity contribution in [3.63, 3.8) is 0 Å². The fourth-order valence-corrected chi connectivity index (χ4v) is 1.38. The summed E-state index contributed by atoms with van der Waals surface area (Å²) in [5, 5.41) is 16.2. The molecule has 1 aromatic carbocycles. The standard InChI is InChI=1S/C12H15N3O3/c1-3-6-13-8-12(16)14-10-5-4-9(2)11(7-10)15(17)18/h3-5,7,13H,1,6,8H2,2H3,(H,14,16). The molecule has 1 aromatic rings. The molecule has 0 aromatic heterocycles. The number of carbonyl (C=O) groups is 1. The molecule has 0 fully saturated rings. The Labute approximate surface area is 105 Å². The van der Waals surface area contributed by atoms with Crippen LogP contribution in [0.15, 0.2) is 30.9 Å². The van der Waals surface area contributed by atoms with E-state index in [0.717, 1.165) is 0 Å². The van der Waals surface area contributed by atoms with Gasteiger partial charge in [-0.25, -0.2) is 0 Å². The molecule has 0 bridgehead atoms. The molecule has 18 heavy (non-hydrogen) atoms. The van der Waals surface area contributed by atoms with Crippen LogP contribution < -0.4 is 10.6 Å². The molecule has 2 N–H and O–H groups in total. The Morgan fingerprint density at radius 3 is 2.89 bits per heavy atom. The fraction of sp³-hybridized carbons (Fsp3) is 0.250. The molecule has 0 aliphatic heterocycles. The van der Waals surface area contributed by atoms with Gasteiger partial charge in [-0.15, -0.1) is 6.58 Å². The van der Waals surface area contributed by atoms with Crippen molar-refractivity contribution in [1.82, 2.24) is 5.32 Å². The summed E-state index contributed by atoms with van der Waals surface area (Å²) in [6, 6.07) is 4.58. The number of amides is 1. The first-order valence-corrected chi connectivity index (χ1v) is 5.41. The van der Waals surface area contributed by atoms with Gasteiger partial charge in [-0.3, -0.25) is 14.9 Å². The van der Waals surface area contributed by atoms with Crippen LogP contribution >= 0.6 is 0 Å². The lowest BCUT2D eigenvalue weighted by Crippen LogP contribution is -2.28. The van der Waals surface area contributed by atoms with Crippen molar-refractivity contribution >= 4 is 17.3 Å². The third-order valence-electron chi connectivity index (χ3n) is 2.26. The number of nitro groups is 1. The summed E-state index contributed by atoms with van der Waals surface area (Å²) in [5.41, 5.74) is 0.965. The number of nitrogens with zero attached hydrogens (tertiary/aromatic N) is 1. The van der Waals surface area contributed by atoms with Gasteiger partial charge >= 0.3 is 0 Å². The molecule has 0 aliphatic rings. The number of hydrogen-bond donors (Lipinski definition) is 2. The highest BCUT2D eigenvalue weighted by Gasteiger charge is 2.11. The Balaban J connectivity index is 2.67. The molecule has 0 atom stereocenters. The monoisotopic (exact) mass is 249 g/mol. The molecule has 6 nitrogen and oxygen atoms in total. The third kappa shape index (κ3) is 3.99. The lowest BCUT2D eigenvalue weighted by molar-refractivity contribution is -0.385. The molecule has 0 saturated carbocycles. The van der Waals surface area contributed by atoms with E-state index in [0.29, 0.717) is 17.8 Å². The molecule has 0 saturated heterocycles. The van der Waals surface area contributed by atoms with Gasteiger partial charge in [0.1, 0.15) is 0 Å². The van der Waals surface area contributed by atoms with Gasteiger partial charge in [-0.2, -0.15) is 0 Å². The van der Waals surface area contributed by atoms with Crippen molar-refractivity contribution in [3.8, 4) is 0 Å². The lowest BCUT2D eigenvalue weighted by Gasteiger charge is -2.06. The van der Waals surface area contributed by atoms with Crippen molar-refractivity contribution in [2.75, 3.05) is 18.4 Å². The average Bonchev–Trinajstić information content (AvgIpc) is 2.31. The fourth-order valence-electron chi connectivity index (χ4n) is 1.38. The van der Waals surface area contributed by atoms with Crippen LogP contribution in [0.4, 0.5) is 11.4 Å². The second kappa shape index (κ2) is 6.51. The Hall–Kier alpha value is -2.21. The van der Waals surface area contributed by atoms with Gasteiger partial charge in [0, 0.05) is 23.9 Å². The minimum Gasteiger partial charge on any atom is -0.325 e. The van der Waals surface area contributed by atoms with Crippen LogP contribution in [0.3, 0.4) is 0 Å². The van der Waals surface area contributed by atoms with E-state index in [1.807, 2.05) is 0 Å². The SMILES string of the molecule is C=CCNCC(=O)Nc1ccc(C)c([N+](=O)[O-])c1. The summed E-state index contributed by atoms with van der Waals surface area (Å²) in [5.74, 6) is -0.255. The minimum absolute atomic E-state index is 0.00755. The Morgan fingerprint density at radius 2 is 2.28 bits per heavy atom. The first-order valence-electron chi connectivity index (χ1n) is 5.41. The maximum atomic E-state index is 11.5. The van der Waals surface area contributed by atoms with Gasteiger partial charge in [0.05, 0.1) is 11.5 Å². The predicted octanol–water partition coefficient (Wildman–Crippen LogP) is 1.62. The molecule has 0 unspecified atom stereocenters. The number of rotatable bonds is 6. The normalized spacial score (nSPS) is 9.83. The quantitative estimate of drug-likeness (QED) is 0.347. The van der Waals surface area contributed by atoms with Gasteiger partial charge in [0.15, 0.2) is 0 Å². The van der Waals surface area contributed by atoms with Crippen molar-refractivity contribution in [1.29, 1.82) is 0 Å². The van der Waals surface area contributed by atoms with Crippen molar-refractivity contribution in [3.05, 3.63) is 46.5 Å². The van der Waals surface area contributed by atoms with E-state index in [9.17, 15) is 14.9 Å². The molecule has 1 amide bonds. The van der Waals surface area contributed by atoms with E-state index >= 15 is 0 Å². The van der Waals surface area contributed by atoms with Gasteiger partial charge < -0.3 is 10.6 Å². The van der Waals surface area contributed by atoms with Crippen LogP contribution in [0.5, 0.6) is 0 Å². The summed E-state index contributed by atoms with van der Waals surface area (Å²) in [6.07, 6.45) is 1.64. The number of nitro benzene ring substituents is 1. The summed E-state index contributed by atoms with van der Waals surface area (Å²) >= 11 is 0. The highest BCUT2D eigenvalue weighted by atomic mass is 16.6. The van der Waals surface area contributed by atoms with E-state index in [-0.39, 0.29) is 18.1 Å². The zero-order chi connectivity index (χ0) is 13.5. The lowest BCUT2D eigenvalue weighted by atomic mass is 10.2. The number of hydrogen-bond acceptors (Lipinski definition) is 4. The molecule has 1 rings (SSSR count). The molecule has 96 valence electrons. The molecule has 6 heteroatoms. The minimum atomic E-state index is -0.471. The smallest absolute Gasteiger partial charge is 0.274 e. The maximum absolute atomic E-state index is 11.5. The number of benzene rings is 1. The van der Waals surface area contributed by atoms with E-state index in [2.05, 4.69) is 17.2 Å². The van der Waals surface area contributed by atoms with Crippen LogP contribution in [0.25, 0.3) is 0 Å². The second-order valence-electron chi connectivity index (χ2n) is 3.73. The van der Waals surface area contributed by atoms with E-state index in [1.165, 1.54) is 6.07 Å². The largest absolute Gasteiger partial charge is 0.325 e. The third-order valence-corrected chi connectivity index (χ3v) is 2.26. The van der Waals surface area contributed by atoms with Crippen LogP contribution in [-0.4, -0.2) is 23.9 Å². The molecular formula is C12H15N3O3. The highest BCUT2D eigenvalue weighted by Crippen LogP contribution is 2.22. The number of carbonyl (C=O) groups excluding carboxylic acids is 1. The van der Waals surface area contributed by atoms with E-state index in [4.69, 9.17) is 0 Å². The zero-order valence-corrected chi connectivity index (χ0v) is 10.1. The summed E-state index contributed by atoms with van der Waals surface area (Å²) in [4.78, 5) is 21.7. The van der Waals surface area contributed by atoms with Crippen molar-refractivity contribution < 1.29 is 9.72 Å². The van der Waals surface area contributed by atoms with Crippen LogP contribution in [0.1, 0.15) is 5.56 Å². The Bertz CT molecular complexity index is 472. The predicted molar refractivity (Wildman–Crippen MR) is 69.5 cm³/mol. The molecule has 0 aliphatic carbocycles. The molecule has 0 heterocycles.